The number of hydrogen-bond donors (Lipinski definition) is 1. The van der Waals surface area contributed by atoms with E-state index in [-0.39, 0.29) is 0 Å². The third-order valence-corrected chi connectivity index (χ3v) is 2.03. The Morgan fingerprint density at radius 1 is 1.50 bits per heavy atom. The van der Waals surface area contributed by atoms with Gasteiger partial charge in [-0.05, 0) is 17.7 Å². The molecule has 0 radical (unpaired) electrons. The Morgan fingerprint density at radius 2 is 2.33 bits per heavy atom. The molecule has 2 N–H and O–H groups in total. The van der Waals surface area contributed by atoms with Crippen molar-refractivity contribution in [3.63, 3.8) is 0 Å². The van der Waals surface area contributed by atoms with Gasteiger partial charge in [0.25, 0.3) is 0 Å². The maximum absolute atomic E-state index is 5.53. The van der Waals surface area contributed by atoms with E-state index in [0.29, 0.717) is 6.54 Å². The summed E-state index contributed by atoms with van der Waals surface area (Å²) in [5.41, 5.74) is 8.83. The molecule has 0 spiro atoms. The van der Waals surface area contributed by atoms with Gasteiger partial charge in [0.1, 0.15) is 0 Å². The SMILES string of the molecule is Cn1cnc2ccc(CN)cc21. The zero-order chi connectivity index (χ0) is 8.55. The van der Waals surface area contributed by atoms with Crippen molar-refractivity contribution in [3.05, 3.63) is 30.1 Å². The number of aryl methyl sites for hydroxylation is 1. The van der Waals surface area contributed by atoms with Crippen LogP contribution in [0.2, 0.25) is 0 Å². The number of nitrogens with two attached hydrogens (primary N) is 1. The van der Waals surface area contributed by atoms with Crippen LogP contribution in [-0.4, -0.2) is 9.55 Å². The van der Waals surface area contributed by atoms with Crippen molar-refractivity contribution in [1.29, 1.82) is 0 Å². The molecule has 62 valence electrons. The molecule has 2 rings (SSSR count). The van der Waals surface area contributed by atoms with Gasteiger partial charge in [-0.25, -0.2) is 4.98 Å². The molecular formula is C9H11N3. The Hall–Kier alpha value is -1.35. The van der Waals surface area contributed by atoms with Gasteiger partial charge in [-0.15, -0.1) is 0 Å². The van der Waals surface area contributed by atoms with Gasteiger partial charge < -0.3 is 10.3 Å². The Morgan fingerprint density at radius 3 is 3.08 bits per heavy atom. The summed E-state index contributed by atoms with van der Waals surface area (Å²) in [7, 11) is 1.98. The third-order valence-electron chi connectivity index (χ3n) is 2.03. The highest BCUT2D eigenvalue weighted by molar-refractivity contribution is 5.75. The van der Waals surface area contributed by atoms with Gasteiger partial charge in [-0.3, -0.25) is 0 Å². The van der Waals surface area contributed by atoms with E-state index in [4.69, 9.17) is 5.73 Å². The van der Waals surface area contributed by atoms with Crippen LogP contribution in [0.25, 0.3) is 11.0 Å². The number of benzene rings is 1. The summed E-state index contributed by atoms with van der Waals surface area (Å²) in [6, 6.07) is 6.08. The molecule has 1 heterocycles. The molecule has 2 aromatic rings. The monoisotopic (exact) mass is 161 g/mol. The molecule has 3 nitrogen and oxygen atoms in total. The average molecular weight is 161 g/mol. The standard InChI is InChI=1S/C9H11N3/c1-12-6-11-8-3-2-7(5-10)4-9(8)12/h2-4,6H,5,10H2,1H3. The zero-order valence-electron chi connectivity index (χ0n) is 6.99. The Balaban J connectivity index is 2.71. The first-order valence-corrected chi connectivity index (χ1v) is 3.91. The Kier molecular flexibility index (Phi) is 1.59. The van der Waals surface area contributed by atoms with Gasteiger partial charge in [0.05, 0.1) is 17.4 Å². The summed E-state index contributed by atoms with van der Waals surface area (Å²) in [6.45, 7) is 0.584. The smallest absolute Gasteiger partial charge is 0.0955 e. The highest BCUT2D eigenvalue weighted by atomic mass is 15.0. The summed E-state index contributed by atoms with van der Waals surface area (Å²) in [4.78, 5) is 4.22. The van der Waals surface area contributed by atoms with Crippen LogP contribution in [0.4, 0.5) is 0 Å². The topological polar surface area (TPSA) is 43.8 Å². The molecule has 0 saturated heterocycles. The number of rotatable bonds is 1. The summed E-state index contributed by atoms with van der Waals surface area (Å²) in [6.07, 6.45) is 1.81. The van der Waals surface area contributed by atoms with Crippen LogP contribution in [-0.2, 0) is 13.6 Å². The number of imidazole rings is 1. The largest absolute Gasteiger partial charge is 0.334 e. The summed E-state index contributed by atoms with van der Waals surface area (Å²) in [5.74, 6) is 0. The second-order valence-electron chi connectivity index (χ2n) is 2.88. The maximum atomic E-state index is 5.53. The molecule has 0 bridgehead atoms. The fourth-order valence-corrected chi connectivity index (χ4v) is 1.30. The first-order valence-electron chi connectivity index (χ1n) is 3.91. The van der Waals surface area contributed by atoms with E-state index in [2.05, 4.69) is 11.1 Å². The number of hydrogen-bond acceptors (Lipinski definition) is 2. The molecule has 0 fully saturated rings. The lowest BCUT2D eigenvalue weighted by Gasteiger charge is -1.97. The average Bonchev–Trinajstić information content (AvgIpc) is 2.47. The van der Waals surface area contributed by atoms with Crippen molar-refractivity contribution in [2.75, 3.05) is 0 Å². The lowest BCUT2D eigenvalue weighted by Crippen LogP contribution is -1.96. The van der Waals surface area contributed by atoms with E-state index in [1.165, 1.54) is 0 Å². The van der Waals surface area contributed by atoms with Gasteiger partial charge in [0.2, 0.25) is 0 Å². The fourth-order valence-electron chi connectivity index (χ4n) is 1.30. The van der Waals surface area contributed by atoms with Crippen molar-refractivity contribution >= 4 is 11.0 Å². The van der Waals surface area contributed by atoms with Crippen molar-refractivity contribution in [1.82, 2.24) is 9.55 Å². The second-order valence-corrected chi connectivity index (χ2v) is 2.88. The molecular weight excluding hydrogens is 150 g/mol. The molecule has 0 unspecified atom stereocenters. The van der Waals surface area contributed by atoms with E-state index in [1.807, 2.05) is 30.1 Å². The molecule has 0 aliphatic rings. The fraction of sp³-hybridized carbons (Fsp3) is 0.222. The Labute approximate surface area is 70.8 Å². The molecule has 0 amide bonds. The number of aromatic nitrogens is 2. The second kappa shape index (κ2) is 2.60. The summed E-state index contributed by atoms with van der Waals surface area (Å²) >= 11 is 0. The van der Waals surface area contributed by atoms with Crippen molar-refractivity contribution in [3.8, 4) is 0 Å². The lowest BCUT2D eigenvalue weighted by atomic mass is 10.2. The molecule has 0 aliphatic carbocycles. The van der Waals surface area contributed by atoms with E-state index in [9.17, 15) is 0 Å². The minimum Gasteiger partial charge on any atom is -0.334 e. The molecule has 0 atom stereocenters. The number of nitrogens with zero attached hydrogens (tertiary/aromatic N) is 2. The molecule has 1 aromatic heterocycles. The van der Waals surface area contributed by atoms with E-state index < -0.39 is 0 Å². The van der Waals surface area contributed by atoms with Gasteiger partial charge in [-0.1, -0.05) is 6.07 Å². The van der Waals surface area contributed by atoms with Crippen LogP contribution < -0.4 is 5.73 Å². The molecule has 12 heavy (non-hydrogen) atoms. The predicted molar refractivity (Wildman–Crippen MR) is 48.6 cm³/mol. The van der Waals surface area contributed by atoms with Gasteiger partial charge in [0, 0.05) is 13.6 Å². The minimum atomic E-state index is 0.584. The lowest BCUT2D eigenvalue weighted by molar-refractivity contribution is 0.945. The first kappa shape index (κ1) is 7.31. The van der Waals surface area contributed by atoms with E-state index >= 15 is 0 Å². The van der Waals surface area contributed by atoms with E-state index in [1.54, 1.807) is 0 Å². The highest BCUT2D eigenvalue weighted by Crippen LogP contribution is 2.13. The van der Waals surface area contributed by atoms with Crippen LogP contribution in [0, 0.1) is 0 Å². The summed E-state index contributed by atoms with van der Waals surface area (Å²) < 4.78 is 1.99. The van der Waals surface area contributed by atoms with Crippen LogP contribution >= 0.6 is 0 Å². The van der Waals surface area contributed by atoms with Crippen LogP contribution in [0.5, 0.6) is 0 Å². The summed E-state index contributed by atoms with van der Waals surface area (Å²) in [5, 5.41) is 0. The van der Waals surface area contributed by atoms with Gasteiger partial charge in [-0.2, -0.15) is 0 Å². The molecule has 1 aromatic carbocycles. The molecule has 0 aliphatic heterocycles. The third kappa shape index (κ3) is 0.987. The van der Waals surface area contributed by atoms with Gasteiger partial charge in [0.15, 0.2) is 0 Å². The van der Waals surface area contributed by atoms with E-state index in [0.717, 1.165) is 16.6 Å². The highest BCUT2D eigenvalue weighted by Gasteiger charge is 1.98. The maximum Gasteiger partial charge on any atom is 0.0955 e. The van der Waals surface area contributed by atoms with Crippen LogP contribution in [0.1, 0.15) is 5.56 Å². The Bertz CT molecular complexity index is 403. The van der Waals surface area contributed by atoms with Crippen molar-refractivity contribution in [2.24, 2.45) is 12.8 Å². The minimum absolute atomic E-state index is 0.584. The van der Waals surface area contributed by atoms with Crippen LogP contribution in [0.3, 0.4) is 0 Å². The van der Waals surface area contributed by atoms with Gasteiger partial charge >= 0.3 is 0 Å². The molecule has 0 saturated carbocycles. The normalized spacial score (nSPS) is 10.8. The predicted octanol–water partition coefficient (Wildman–Crippen LogP) is 1.03. The van der Waals surface area contributed by atoms with Crippen molar-refractivity contribution < 1.29 is 0 Å². The molecule has 3 heteroatoms. The number of fused-ring (bicyclic) bond motifs is 1. The first-order chi connectivity index (χ1) is 5.81. The van der Waals surface area contributed by atoms with Crippen LogP contribution in [0.15, 0.2) is 24.5 Å². The zero-order valence-corrected chi connectivity index (χ0v) is 6.99. The van der Waals surface area contributed by atoms with Crippen molar-refractivity contribution in [2.45, 2.75) is 6.54 Å². The quantitative estimate of drug-likeness (QED) is 0.679.